The summed E-state index contributed by atoms with van der Waals surface area (Å²) in [5.74, 6) is 0.761. The van der Waals surface area contributed by atoms with Crippen LogP contribution in [0.2, 0.25) is 0 Å². The zero-order valence-electron chi connectivity index (χ0n) is 10.2. The summed E-state index contributed by atoms with van der Waals surface area (Å²) in [5, 5.41) is 3.38. The summed E-state index contributed by atoms with van der Waals surface area (Å²) < 4.78 is 17.4. The van der Waals surface area contributed by atoms with E-state index in [4.69, 9.17) is 4.74 Å². The molecule has 90 valence electrons. The Kier molecular flexibility index (Phi) is 4.74. The van der Waals surface area contributed by atoms with Gasteiger partial charge in [0.2, 0.25) is 0 Å². The highest BCUT2D eigenvalue weighted by Crippen LogP contribution is 2.18. The van der Waals surface area contributed by atoms with Crippen LogP contribution in [0.1, 0.15) is 26.3 Å². The molecule has 1 rings (SSSR count). The van der Waals surface area contributed by atoms with Crippen molar-refractivity contribution in [1.82, 2.24) is 5.32 Å². The van der Waals surface area contributed by atoms with Gasteiger partial charge in [-0.15, -0.1) is 0 Å². The van der Waals surface area contributed by atoms with Gasteiger partial charge in [0.15, 0.2) is 0 Å². The maximum atomic E-state index is 12.0. The first kappa shape index (κ1) is 13.0. The highest BCUT2D eigenvalue weighted by Gasteiger charge is 2.10. The Labute approximate surface area is 96.8 Å². The number of hydrogen-bond donors (Lipinski definition) is 1. The molecule has 1 aromatic carbocycles. The number of alkyl halides is 1. The van der Waals surface area contributed by atoms with E-state index in [9.17, 15) is 4.39 Å². The van der Waals surface area contributed by atoms with Crippen molar-refractivity contribution in [1.29, 1.82) is 0 Å². The van der Waals surface area contributed by atoms with Gasteiger partial charge in [-0.1, -0.05) is 18.2 Å². The van der Waals surface area contributed by atoms with Crippen molar-refractivity contribution >= 4 is 0 Å². The monoisotopic (exact) mass is 225 g/mol. The number of rotatable bonds is 5. The highest BCUT2D eigenvalue weighted by atomic mass is 19.1. The molecular weight excluding hydrogens is 205 g/mol. The quantitative estimate of drug-likeness (QED) is 0.832. The van der Waals surface area contributed by atoms with Crippen molar-refractivity contribution in [3.8, 4) is 5.75 Å². The van der Waals surface area contributed by atoms with Crippen LogP contribution in [0.5, 0.6) is 5.75 Å². The summed E-state index contributed by atoms with van der Waals surface area (Å²) in [6.45, 7) is 6.72. The van der Waals surface area contributed by atoms with E-state index < -0.39 is 6.67 Å². The molecule has 0 radical (unpaired) electrons. The van der Waals surface area contributed by atoms with Crippen molar-refractivity contribution < 1.29 is 9.13 Å². The van der Waals surface area contributed by atoms with E-state index in [1.807, 2.05) is 24.3 Å². The van der Waals surface area contributed by atoms with Crippen LogP contribution < -0.4 is 10.1 Å². The third-order valence-corrected chi connectivity index (χ3v) is 2.12. The van der Waals surface area contributed by atoms with Crippen molar-refractivity contribution in [3.63, 3.8) is 0 Å². The Morgan fingerprint density at radius 3 is 2.56 bits per heavy atom. The molecule has 2 nitrogen and oxygen atoms in total. The first-order valence-corrected chi connectivity index (χ1v) is 5.54. The predicted molar refractivity (Wildman–Crippen MR) is 64.5 cm³/mol. The molecule has 3 heteroatoms. The van der Waals surface area contributed by atoms with Gasteiger partial charge in [-0.3, -0.25) is 0 Å². The van der Waals surface area contributed by atoms with E-state index in [2.05, 4.69) is 26.1 Å². The lowest BCUT2D eigenvalue weighted by Gasteiger charge is -2.21. The first-order chi connectivity index (χ1) is 7.53. The minimum atomic E-state index is -0.457. The van der Waals surface area contributed by atoms with Crippen molar-refractivity contribution in [2.24, 2.45) is 0 Å². The molecule has 0 aromatic heterocycles. The van der Waals surface area contributed by atoms with Gasteiger partial charge in [0.1, 0.15) is 19.0 Å². The van der Waals surface area contributed by atoms with E-state index in [1.165, 1.54) is 0 Å². The summed E-state index contributed by atoms with van der Waals surface area (Å²) >= 11 is 0. The van der Waals surface area contributed by atoms with Crippen LogP contribution >= 0.6 is 0 Å². The van der Waals surface area contributed by atoms with Crippen LogP contribution in [0.4, 0.5) is 4.39 Å². The number of ether oxygens (including phenoxy) is 1. The minimum Gasteiger partial charge on any atom is -0.491 e. The Morgan fingerprint density at radius 2 is 1.94 bits per heavy atom. The summed E-state index contributed by atoms with van der Waals surface area (Å²) in [5.41, 5.74) is 1.12. The van der Waals surface area contributed by atoms with Crippen LogP contribution in [-0.2, 0) is 6.54 Å². The highest BCUT2D eigenvalue weighted by molar-refractivity contribution is 5.33. The SMILES string of the molecule is CC(C)(C)NCc1ccccc1OCCF. The Hall–Kier alpha value is -1.09. The third kappa shape index (κ3) is 4.62. The lowest BCUT2D eigenvalue weighted by atomic mass is 10.1. The molecule has 0 heterocycles. The average molecular weight is 225 g/mol. The average Bonchev–Trinajstić information content (AvgIpc) is 2.23. The smallest absolute Gasteiger partial charge is 0.123 e. The lowest BCUT2D eigenvalue weighted by Crippen LogP contribution is -2.35. The second-order valence-corrected chi connectivity index (χ2v) is 4.75. The molecular formula is C13H20FNO. The van der Waals surface area contributed by atoms with Gasteiger partial charge in [-0.2, -0.15) is 0 Å². The van der Waals surface area contributed by atoms with Crippen molar-refractivity contribution in [2.75, 3.05) is 13.3 Å². The fourth-order valence-electron chi connectivity index (χ4n) is 1.30. The van der Waals surface area contributed by atoms with E-state index in [1.54, 1.807) is 0 Å². The molecule has 0 aliphatic heterocycles. The molecule has 0 fully saturated rings. The standard InChI is InChI=1S/C13H20FNO/c1-13(2,3)15-10-11-6-4-5-7-12(11)16-9-8-14/h4-7,15H,8-10H2,1-3H3. The van der Waals surface area contributed by atoms with Crippen molar-refractivity contribution in [3.05, 3.63) is 29.8 Å². The fourth-order valence-corrected chi connectivity index (χ4v) is 1.30. The maximum absolute atomic E-state index is 12.0. The van der Waals surface area contributed by atoms with Crippen LogP contribution in [0.25, 0.3) is 0 Å². The van der Waals surface area contributed by atoms with Gasteiger partial charge in [-0.05, 0) is 26.8 Å². The minimum absolute atomic E-state index is 0.0627. The summed E-state index contributed by atoms with van der Waals surface area (Å²) in [7, 11) is 0. The van der Waals surface area contributed by atoms with Gasteiger partial charge in [0.25, 0.3) is 0 Å². The second-order valence-electron chi connectivity index (χ2n) is 4.75. The Balaban J connectivity index is 2.63. The molecule has 16 heavy (non-hydrogen) atoms. The largest absolute Gasteiger partial charge is 0.491 e. The molecule has 0 saturated carbocycles. The normalized spacial score (nSPS) is 11.5. The van der Waals surface area contributed by atoms with E-state index in [0.29, 0.717) is 0 Å². The third-order valence-electron chi connectivity index (χ3n) is 2.12. The van der Waals surface area contributed by atoms with Crippen LogP contribution in [-0.4, -0.2) is 18.8 Å². The van der Waals surface area contributed by atoms with Gasteiger partial charge in [0.05, 0.1) is 0 Å². The molecule has 0 aliphatic rings. The number of hydrogen-bond acceptors (Lipinski definition) is 2. The van der Waals surface area contributed by atoms with Gasteiger partial charge in [0, 0.05) is 17.6 Å². The van der Waals surface area contributed by atoms with E-state index in [-0.39, 0.29) is 12.1 Å². The Morgan fingerprint density at radius 1 is 1.25 bits per heavy atom. The summed E-state index contributed by atoms with van der Waals surface area (Å²) in [4.78, 5) is 0. The zero-order valence-corrected chi connectivity index (χ0v) is 10.2. The first-order valence-electron chi connectivity index (χ1n) is 5.54. The van der Waals surface area contributed by atoms with E-state index in [0.717, 1.165) is 17.9 Å². The number of para-hydroxylation sites is 1. The molecule has 1 N–H and O–H groups in total. The topological polar surface area (TPSA) is 21.3 Å². The van der Waals surface area contributed by atoms with Gasteiger partial charge in [-0.25, -0.2) is 4.39 Å². The van der Waals surface area contributed by atoms with Gasteiger partial charge < -0.3 is 10.1 Å². The molecule has 0 saturated heterocycles. The number of nitrogens with one attached hydrogen (secondary N) is 1. The molecule has 0 atom stereocenters. The summed E-state index contributed by atoms with van der Waals surface area (Å²) in [6.07, 6.45) is 0. The van der Waals surface area contributed by atoms with Crippen molar-refractivity contribution in [2.45, 2.75) is 32.9 Å². The van der Waals surface area contributed by atoms with Crippen LogP contribution in [0, 0.1) is 0 Å². The molecule has 0 spiro atoms. The zero-order chi connectivity index (χ0) is 12.0. The molecule has 0 amide bonds. The molecule has 0 aliphatic carbocycles. The lowest BCUT2D eigenvalue weighted by molar-refractivity contribution is 0.269. The van der Waals surface area contributed by atoms with Gasteiger partial charge >= 0.3 is 0 Å². The Bertz CT molecular complexity index is 320. The predicted octanol–water partition coefficient (Wildman–Crippen LogP) is 2.92. The number of benzene rings is 1. The molecule has 0 unspecified atom stereocenters. The van der Waals surface area contributed by atoms with Crippen LogP contribution in [0.15, 0.2) is 24.3 Å². The molecule has 1 aromatic rings. The maximum Gasteiger partial charge on any atom is 0.123 e. The molecule has 0 bridgehead atoms. The summed E-state index contributed by atoms with van der Waals surface area (Å²) in [6, 6.07) is 7.72. The van der Waals surface area contributed by atoms with Crippen LogP contribution in [0.3, 0.4) is 0 Å². The number of halogens is 1. The second kappa shape index (κ2) is 5.85. The van der Waals surface area contributed by atoms with E-state index >= 15 is 0 Å². The fraction of sp³-hybridized carbons (Fsp3) is 0.538.